The Bertz CT molecular complexity index is 1500. The van der Waals surface area contributed by atoms with Gasteiger partial charge in [0.05, 0.1) is 50.2 Å². The number of aromatic nitrogens is 1. The van der Waals surface area contributed by atoms with Gasteiger partial charge in [-0.25, -0.2) is 13.4 Å². The Morgan fingerprint density at radius 3 is 2.46 bits per heavy atom. The molecule has 0 unspecified atom stereocenters. The summed E-state index contributed by atoms with van der Waals surface area (Å²) < 4.78 is 24.9. The van der Waals surface area contributed by atoms with E-state index in [9.17, 15) is 18.3 Å². The summed E-state index contributed by atoms with van der Waals surface area (Å²) in [6.07, 6.45) is 0.628. The van der Waals surface area contributed by atoms with Crippen LogP contribution in [0.4, 0.5) is 0 Å². The average molecular weight is 506 g/mol. The summed E-state index contributed by atoms with van der Waals surface area (Å²) >= 11 is 1.50. The van der Waals surface area contributed by atoms with Crippen molar-refractivity contribution in [2.45, 2.75) is 24.3 Å². The van der Waals surface area contributed by atoms with E-state index in [2.05, 4.69) is 16.4 Å². The Morgan fingerprint density at radius 1 is 1.11 bits per heavy atom. The van der Waals surface area contributed by atoms with Gasteiger partial charge in [0.2, 0.25) is 0 Å². The second-order valence-corrected chi connectivity index (χ2v) is 11.4. The first-order valence-corrected chi connectivity index (χ1v) is 13.4. The summed E-state index contributed by atoms with van der Waals surface area (Å²) in [4.78, 5) is 17.8. The van der Waals surface area contributed by atoms with Gasteiger partial charge in [0.15, 0.2) is 9.84 Å². The molecule has 1 aromatic heterocycles. The van der Waals surface area contributed by atoms with Gasteiger partial charge >= 0.3 is 0 Å². The van der Waals surface area contributed by atoms with Crippen LogP contribution in [-0.4, -0.2) is 36.8 Å². The van der Waals surface area contributed by atoms with Crippen molar-refractivity contribution in [2.24, 2.45) is 0 Å². The van der Waals surface area contributed by atoms with Crippen molar-refractivity contribution in [3.63, 3.8) is 0 Å². The lowest BCUT2D eigenvalue weighted by Gasteiger charge is -2.17. The number of sulfone groups is 1. The van der Waals surface area contributed by atoms with E-state index in [1.807, 2.05) is 12.1 Å². The third kappa shape index (κ3) is 5.57. The summed E-state index contributed by atoms with van der Waals surface area (Å²) in [5.41, 5.74) is 3.50. The standard InChI is InChI=1S/C26H23N3O4S2/c1-2-35(32,33)21-10-7-19(8-11-21)23(16-30)29-26(31)20-9-12-22-24(14-20)34-25(28-22)13-17-3-5-18(15-27)6-4-17/h3-12,14,23,30H,2,13,16H2,1H3,(H,29,31)/t23-/m0/s1. The normalized spacial score (nSPS) is 12.3. The van der Waals surface area contributed by atoms with Crippen LogP contribution in [0.5, 0.6) is 0 Å². The summed E-state index contributed by atoms with van der Waals surface area (Å²) in [6, 6.07) is 20.2. The van der Waals surface area contributed by atoms with Crippen molar-refractivity contribution < 1.29 is 18.3 Å². The summed E-state index contributed by atoms with van der Waals surface area (Å²) in [5, 5.41) is 22.5. The van der Waals surface area contributed by atoms with E-state index in [1.165, 1.54) is 23.5 Å². The van der Waals surface area contributed by atoms with Crippen molar-refractivity contribution >= 4 is 37.3 Å². The second kappa shape index (κ2) is 10.4. The number of thiazole rings is 1. The largest absolute Gasteiger partial charge is 0.394 e. The lowest BCUT2D eigenvalue weighted by atomic mass is 10.1. The van der Waals surface area contributed by atoms with E-state index in [0.717, 1.165) is 20.8 Å². The van der Waals surface area contributed by atoms with Crippen LogP contribution in [-0.2, 0) is 16.3 Å². The maximum absolute atomic E-state index is 12.9. The molecular formula is C26H23N3O4S2. The van der Waals surface area contributed by atoms with E-state index < -0.39 is 15.9 Å². The van der Waals surface area contributed by atoms with E-state index in [-0.39, 0.29) is 23.2 Å². The first-order chi connectivity index (χ1) is 16.8. The van der Waals surface area contributed by atoms with Crippen molar-refractivity contribution in [3.05, 3.63) is 94.0 Å². The minimum atomic E-state index is -3.32. The molecule has 7 nitrogen and oxygen atoms in total. The number of nitriles is 1. The van der Waals surface area contributed by atoms with Crippen LogP contribution >= 0.6 is 11.3 Å². The zero-order valence-corrected chi connectivity index (χ0v) is 20.6. The fraction of sp³-hybridized carbons (Fsp3) is 0.192. The molecule has 4 aromatic rings. The molecule has 0 fully saturated rings. The van der Waals surface area contributed by atoms with Crippen molar-refractivity contribution in [3.8, 4) is 6.07 Å². The van der Waals surface area contributed by atoms with Gasteiger partial charge in [-0.3, -0.25) is 4.79 Å². The maximum Gasteiger partial charge on any atom is 0.251 e. The van der Waals surface area contributed by atoms with E-state index in [0.29, 0.717) is 23.1 Å². The molecule has 0 aliphatic rings. The van der Waals surface area contributed by atoms with Gasteiger partial charge in [-0.1, -0.05) is 31.2 Å². The van der Waals surface area contributed by atoms with Gasteiger partial charge in [-0.05, 0) is 53.6 Å². The van der Waals surface area contributed by atoms with Crippen LogP contribution in [0.15, 0.2) is 71.6 Å². The molecule has 0 radical (unpaired) electrons. The Morgan fingerprint density at radius 2 is 1.83 bits per heavy atom. The van der Waals surface area contributed by atoms with Gasteiger partial charge in [-0.2, -0.15) is 5.26 Å². The molecule has 0 spiro atoms. The van der Waals surface area contributed by atoms with Crippen molar-refractivity contribution in [2.75, 3.05) is 12.4 Å². The number of fused-ring (bicyclic) bond motifs is 1. The zero-order chi connectivity index (χ0) is 25.0. The highest BCUT2D eigenvalue weighted by Crippen LogP contribution is 2.26. The Labute approximate surface area is 207 Å². The summed E-state index contributed by atoms with van der Waals surface area (Å²) in [6.45, 7) is 1.25. The highest BCUT2D eigenvalue weighted by Gasteiger charge is 2.18. The van der Waals surface area contributed by atoms with Crippen LogP contribution in [0.25, 0.3) is 10.2 Å². The Hall–Kier alpha value is -3.58. The van der Waals surface area contributed by atoms with Gasteiger partial charge in [0.1, 0.15) is 0 Å². The highest BCUT2D eigenvalue weighted by atomic mass is 32.2. The molecule has 0 bridgehead atoms. The maximum atomic E-state index is 12.9. The average Bonchev–Trinajstić information content (AvgIpc) is 3.29. The zero-order valence-electron chi connectivity index (χ0n) is 18.9. The number of rotatable bonds is 8. The number of nitrogens with zero attached hydrogens (tertiary/aromatic N) is 2. The predicted molar refractivity (Wildman–Crippen MR) is 135 cm³/mol. The van der Waals surface area contributed by atoms with Crippen LogP contribution in [0.3, 0.4) is 0 Å². The van der Waals surface area contributed by atoms with Crippen LogP contribution < -0.4 is 5.32 Å². The predicted octanol–water partition coefficient (Wildman–Crippen LogP) is 4.02. The van der Waals surface area contributed by atoms with Crippen molar-refractivity contribution in [1.29, 1.82) is 5.26 Å². The van der Waals surface area contributed by atoms with Gasteiger partial charge in [0, 0.05) is 12.0 Å². The van der Waals surface area contributed by atoms with E-state index in [1.54, 1.807) is 49.4 Å². The number of hydrogen-bond acceptors (Lipinski definition) is 7. The van der Waals surface area contributed by atoms with E-state index >= 15 is 0 Å². The lowest BCUT2D eigenvalue weighted by molar-refractivity contribution is 0.0916. The fourth-order valence-corrected chi connectivity index (χ4v) is 5.54. The van der Waals surface area contributed by atoms with Crippen LogP contribution in [0, 0.1) is 11.3 Å². The monoisotopic (exact) mass is 505 g/mol. The molecule has 3 aromatic carbocycles. The highest BCUT2D eigenvalue weighted by molar-refractivity contribution is 7.91. The number of nitrogens with one attached hydrogen (secondary N) is 1. The molecule has 0 saturated carbocycles. The lowest BCUT2D eigenvalue weighted by Crippen LogP contribution is -2.30. The number of aliphatic hydroxyl groups is 1. The smallest absolute Gasteiger partial charge is 0.251 e. The molecule has 1 amide bonds. The molecule has 35 heavy (non-hydrogen) atoms. The molecule has 0 aliphatic carbocycles. The first kappa shape index (κ1) is 24.5. The Balaban J connectivity index is 1.49. The van der Waals surface area contributed by atoms with Crippen LogP contribution in [0.2, 0.25) is 0 Å². The molecule has 2 N–H and O–H groups in total. The minimum Gasteiger partial charge on any atom is -0.394 e. The molecule has 1 heterocycles. The molecule has 178 valence electrons. The number of aliphatic hydroxyl groups excluding tert-OH is 1. The van der Waals surface area contributed by atoms with E-state index in [4.69, 9.17) is 5.26 Å². The molecular weight excluding hydrogens is 482 g/mol. The van der Waals surface area contributed by atoms with Crippen LogP contribution in [0.1, 0.15) is 45.0 Å². The number of benzene rings is 3. The third-order valence-electron chi connectivity index (χ3n) is 5.64. The quantitative estimate of drug-likeness (QED) is 0.373. The molecule has 4 rings (SSSR count). The van der Waals surface area contributed by atoms with Gasteiger partial charge < -0.3 is 10.4 Å². The van der Waals surface area contributed by atoms with Gasteiger partial charge in [0.25, 0.3) is 5.91 Å². The number of carbonyl (C=O) groups excluding carboxylic acids is 1. The first-order valence-electron chi connectivity index (χ1n) is 11.0. The van der Waals surface area contributed by atoms with Crippen molar-refractivity contribution in [1.82, 2.24) is 10.3 Å². The topological polar surface area (TPSA) is 120 Å². The fourth-order valence-electron chi connectivity index (χ4n) is 3.61. The minimum absolute atomic E-state index is 0.00174. The molecule has 1 atom stereocenters. The van der Waals surface area contributed by atoms with Gasteiger partial charge in [-0.15, -0.1) is 11.3 Å². The molecule has 0 aliphatic heterocycles. The number of amides is 1. The summed E-state index contributed by atoms with van der Waals surface area (Å²) in [7, 11) is -3.32. The number of carbonyl (C=O) groups is 1. The SMILES string of the molecule is CCS(=O)(=O)c1ccc([C@H](CO)NC(=O)c2ccc3nc(Cc4ccc(C#N)cc4)sc3c2)cc1. The molecule has 0 saturated heterocycles. The Kier molecular flexibility index (Phi) is 7.26. The summed E-state index contributed by atoms with van der Waals surface area (Å²) in [5.74, 6) is -0.347. The second-order valence-electron chi connectivity index (χ2n) is 7.96. The molecule has 9 heteroatoms. The third-order valence-corrected chi connectivity index (χ3v) is 8.41. The number of hydrogen-bond donors (Lipinski definition) is 2.